The van der Waals surface area contributed by atoms with E-state index in [1.165, 1.54) is 65.5 Å². The number of sulfonamides is 1. The fourth-order valence-corrected chi connectivity index (χ4v) is 8.47. The lowest BCUT2D eigenvalue weighted by Crippen LogP contribution is -2.21. The van der Waals surface area contributed by atoms with Crippen molar-refractivity contribution in [2.75, 3.05) is 4.72 Å². The van der Waals surface area contributed by atoms with Crippen LogP contribution in [-0.2, 0) is 19.9 Å². The van der Waals surface area contributed by atoms with Crippen molar-refractivity contribution in [3.63, 3.8) is 0 Å². The Labute approximate surface area is 316 Å². The van der Waals surface area contributed by atoms with Gasteiger partial charge in [-0.05, 0) is 91.2 Å². The fraction of sp³-hybridized carbons (Fsp3) is 0.0976. The number of nitrogens with one attached hydrogen (secondary N) is 1. The molecule has 0 aliphatic heterocycles. The first-order chi connectivity index (χ1) is 26.2. The van der Waals surface area contributed by atoms with Crippen molar-refractivity contribution in [1.29, 1.82) is 0 Å². The van der Waals surface area contributed by atoms with E-state index in [0.717, 1.165) is 16.2 Å². The predicted octanol–water partition coefficient (Wildman–Crippen LogP) is 7.84. The molecule has 2 heterocycles. The largest absolute Gasteiger partial charge is 0.494 e. The number of aromatic hydroxyl groups is 1. The van der Waals surface area contributed by atoms with E-state index in [-0.39, 0.29) is 42.9 Å². The molecule has 55 heavy (non-hydrogen) atoms. The van der Waals surface area contributed by atoms with Crippen LogP contribution in [0.4, 0.5) is 15.9 Å². The van der Waals surface area contributed by atoms with Crippen molar-refractivity contribution in [2.24, 2.45) is 4.99 Å². The van der Waals surface area contributed by atoms with Gasteiger partial charge in [-0.15, -0.1) is 0 Å². The molecule has 0 amide bonds. The minimum absolute atomic E-state index is 0.0334. The smallest absolute Gasteiger partial charge is 0.265 e. The molecule has 0 unspecified atom stereocenters. The molecule has 0 bridgehead atoms. The number of aliphatic imine (C=N–C) groups is 1. The molecule has 0 aliphatic carbocycles. The van der Waals surface area contributed by atoms with Gasteiger partial charge < -0.3 is 5.11 Å². The van der Waals surface area contributed by atoms with Crippen molar-refractivity contribution in [3.05, 3.63) is 160 Å². The summed E-state index contributed by atoms with van der Waals surface area (Å²) in [4.78, 5) is 18.5. The molecule has 0 atom stereocenters. The van der Waals surface area contributed by atoms with E-state index in [4.69, 9.17) is 0 Å². The van der Waals surface area contributed by atoms with Crippen molar-refractivity contribution in [3.8, 4) is 17.3 Å². The fourth-order valence-electron chi connectivity index (χ4n) is 6.10. The van der Waals surface area contributed by atoms with E-state index in [1.807, 2.05) is 26.0 Å². The van der Waals surface area contributed by atoms with Gasteiger partial charge in [-0.2, -0.15) is 5.10 Å². The molecular weight excluding hydrogens is 742 g/mol. The highest BCUT2D eigenvalue weighted by molar-refractivity contribution is 7.92. The number of nitrogens with zero attached hydrogens (tertiary/aromatic N) is 4. The molecule has 7 aromatic rings. The van der Waals surface area contributed by atoms with Crippen LogP contribution in [0.2, 0.25) is 0 Å². The maximum atomic E-state index is 14.3. The summed E-state index contributed by atoms with van der Waals surface area (Å²) < 4.78 is 72.4. The third-order valence-electron chi connectivity index (χ3n) is 9.00. The van der Waals surface area contributed by atoms with E-state index >= 15 is 0 Å². The zero-order chi connectivity index (χ0) is 39.1. The van der Waals surface area contributed by atoms with Gasteiger partial charge in [0.25, 0.3) is 15.6 Å². The van der Waals surface area contributed by atoms with Crippen LogP contribution in [0.3, 0.4) is 0 Å². The van der Waals surface area contributed by atoms with Crippen LogP contribution >= 0.6 is 0 Å². The molecule has 0 spiro atoms. The molecule has 0 radical (unpaired) electrons. The van der Waals surface area contributed by atoms with Gasteiger partial charge in [0.05, 0.1) is 43.0 Å². The zero-order valence-electron chi connectivity index (χ0n) is 29.8. The summed E-state index contributed by atoms with van der Waals surface area (Å²) in [7, 11) is -8.09. The van der Waals surface area contributed by atoms with Gasteiger partial charge in [0, 0.05) is 23.1 Å². The Kier molecular flexibility index (Phi) is 9.71. The number of pyridine rings is 1. The van der Waals surface area contributed by atoms with Gasteiger partial charge in [-0.3, -0.25) is 9.52 Å². The first-order valence-corrected chi connectivity index (χ1v) is 20.0. The first-order valence-electron chi connectivity index (χ1n) is 17.1. The number of para-hydroxylation sites is 1. The van der Waals surface area contributed by atoms with Gasteiger partial charge in [-0.1, -0.05) is 62.4 Å². The molecule has 0 saturated heterocycles. The minimum atomic E-state index is -4.31. The van der Waals surface area contributed by atoms with Crippen LogP contribution in [0.15, 0.2) is 152 Å². The Hall–Kier alpha value is -6.38. The molecule has 2 N–H and O–H groups in total. The number of anilines is 1. The molecule has 278 valence electrons. The Balaban J connectivity index is 1.25. The summed E-state index contributed by atoms with van der Waals surface area (Å²) in [6.07, 6.45) is 1.38. The van der Waals surface area contributed by atoms with Gasteiger partial charge in [-0.25, -0.2) is 35.5 Å². The summed E-state index contributed by atoms with van der Waals surface area (Å²) in [6.45, 7) is 5.84. The Bertz CT molecular complexity index is 2900. The maximum absolute atomic E-state index is 14.3. The summed E-state index contributed by atoms with van der Waals surface area (Å²) in [5, 5.41) is 16.8. The van der Waals surface area contributed by atoms with Crippen LogP contribution in [0, 0.1) is 12.7 Å². The number of hydrogen-bond acceptors (Lipinski definition) is 8. The standard InChI is InChI=1S/C41H34FN5O6S2/c1-26(2)28-15-19-31(20-16-28)54(50,51)32-21-17-29(18-22-32)47-39(23-27(3)44-47)43-25-36-34-11-4-5-12-35(34)40(48)46(41(36)49)30-9-8-10-33(24-30)55(52,53)45-38-14-7-6-13-37(38)42/h4-26,45,49H,1-3H3/b43-25+. The van der Waals surface area contributed by atoms with Crippen molar-refractivity contribution < 1.29 is 26.3 Å². The summed E-state index contributed by atoms with van der Waals surface area (Å²) >= 11 is 0. The number of aryl methyl sites for hydroxylation is 1. The van der Waals surface area contributed by atoms with Gasteiger partial charge in [0.1, 0.15) is 5.82 Å². The molecule has 7 rings (SSSR count). The summed E-state index contributed by atoms with van der Waals surface area (Å²) in [6, 6.07) is 32.0. The first kappa shape index (κ1) is 37.0. The Morgan fingerprint density at radius 2 is 1.40 bits per heavy atom. The lowest BCUT2D eigenvalue weighted by atomic mass is 10.0. The SMILES string of the molecule is Cc1cc(/N=C/c2c(O)n(-c3cccc(S(=O)(=O)Nc4ccccc4F)c3)c(=O)c3ccccc23)n(-c2ccc(S(=O)(=O)c3ccc(C(C)C)cc3)cc2)n1. The third-order valence-corrected chi connectivity index (χ3v) is 12.1. The quantitative estimate of drug-likeness (QED) is 0.134. The molecular formula is C41H34FN5O6S2. The normalized spacial score (nSPS) is 12.2. The van der Waals surface area contributed by atoms with E-state index in [2.05, 4.69) is 14.8 Å². The molecule has 0 fully saturated rings. The van der Waals surface area contributed by atoms with Gasteiger partial charge >= 0.3 is 0 Å². The second kappa shape index (κ2) is 14.5. The van der Waals surface area contributed by atoms with Crippen LogP contribution in [0.1, 0.15) is 36.6 Å². The number of halogens is 1. The number of rotatable bonds is 10. The molecule has 2 aromatic heterocycles. The van der Waals surface area contributed by atoms with E-state index in [9.17, 15) is 31.1 Å². The molecule has 5 aromatic carbocycles. The predicted molar refractivity (Wildman–Crippen MR) is 210 cm³/mol. The average molecular weight is 776 g/mol. The van der Waals surface area contributed by atoms with Gasteiger partial charge in [0.2, 0.25) is 15.7 Å². The van der Waals surface area contributed by atoms with Crippen LogP contribution in [0.5, 0.6) is 5.88 Å². The van der Waals surface area contributed by atoms with Crippen LogP contribution in [-0.4, -0.2) is 42.5 Å². The molecule has 11 nitrogen and oxygen atoms in total. The van der Waals surface area contributed by atoms with Crippen molar-refractivity contribution in [1.82, 2.24) is 14.3 Å². The van der Waals surface area contributed by atoms with Crippen molar-refractivity contribution in [2.45, 2.75) is 41.4 Å². The third kappa shape index (κ3) is 7.16. The van der Waals surface area contributed by atoms with Crippen LogP contribution in [0.25, 0.3) is 22.1 Å². The van der Waals surface area contributed by atoms with E-state index in [0.29, 0.717) is 22.6 Å². The van der Waals surface area contributed by atoms with E-state index < -0.39 is 37.1 Å². The maximum Gasteiger partial charge on any atom is 0.265 e. The highest BCUT2D eigenvalue weighted by atomic mass is 32.2. The lowest BCUT2D eigenvalue weighted by molar-refractivity contribution is 0.436. The second-order valence-electron chi connectivity index (χ2n) is 13.0. The van der Waals surface area contributed by atoms with Crippen molar-refractivity contribution >= 4 is 48.4 Å². The second-order valence-corrected chi connectivity index (χ2v) is 16.7. The number of sulfone groups is 1. The minimum Gasteiger partial charge on any atom is -0.494 e. The number of fused-ring (bicyclic) bond motifs is 1. The number of aromatic nitrogens is 3. The summed E-state index contributed by atoms with van der Waals surface area (Å²) in [5.74, 6) is -0.673. The molecule has 0 aliphatic rings. The Morgan fingerprint density at radius 1 is 0.764 bits per heavy atom. The highest BCUT2D eigenvalue weighted by Gasteiger charge is 2.22. The lowest BCUT2D eigenvalue weighted by Gasteiger charge is -2.15. The zero-order valence-corrected chi connectivity index (χ0v) is 31.4. The molecule has 14 heteroatoms. The van der Waals surface area contributed by atoms with Crippen LogP contribution < -0.4 is 10.3 Å². The molecule has 0 saturated carbocycles. The van der Waals surface area contributed by atoms with Gasteiger partial charge in [0.15, 0.2) is 5.82 Å². The summed E-state index contributed by atoms with van der Waals surface area (Å²) in [5.41, 5.74) is 1.49. The number of hydrogen-bond donors (Lipinski definition) is 2. The Morgan fingerprint density at radius 3 is 2.07 bits per heavy atom. The highest BCUT2D eigenvalue weighted by Crippen LogP contribution is 2.30. The average Bonchev–Trinajstić information content (AvgIpc) is 3.56. The monoisotopic (exact) mass is 775 g/mol. The van der Waals surface area contributed by atoms with E-state index in [1.54, 1.807) is 61.5 Å². The number of benzene rings is 5. The topological polar surface area (TPSA) is 153 Å².